The average Bonchev–Trinajstić information content (AvgIpc) is 3.07. The highest BCUT2D eigenvalue weighted by Gasteiger charge is 2.10. The third-order valence-corrected chi connectivity index (χ3v) is 3.99. The van der Waals surface area contributed by atoms with Gasteiger partial charge in [-0.2, -0.15) is 5.10 Å². The molecular weight excluding hydrogens is 298 g/mol. The van der Waals surface area contributed by atoms with Gasteiger partial charge in [0.1, 0.15) is 0 Å². The summed E-state index contributed by atoms with van der Waals surface area (Å²) in [4.78, 5) is 16.7. The lowest BCUT2D eigenvalue weighted by molar-refractivity contribution is 0.0993. The molecule has 0 spiro atoms. The van der Waals surface area contributed by atoms with E-state index in [1.807, 2.05) is 66.7 Å². The first-order chi connectivity index (χ1) is 11.8. The Morgan fingerprint density at radius 3 is 2.50 bits per heavy atom. The van der Waals surface area contributed by atoms with E-state index in [1.54, 1.807) is 16.9 Å². The Morgan fingerprint density at radius 1 is 0.917 bits per heavy atom. The molecule has 4 rings (SSSR count). The van der Waals surface area contributed by atoms with E-state index in [9.17, 15) is 4.79 Å². The maximum absolute atomic E-state index is 12.4. The van der Waals surface area contributed by atoms with Crippen molar-refractivity contribution in [1.82, 2.24) is 14.6 Å². The van der Waals surface area contributed by atoms with Crippen LogP contribution in [0.4, 0.5) is 0 Å². The molecule has 4 heteroatoms. The number of hydrogen-bond acceptors (Lipinski definition) is 3. The fourth-order valence-electron chi connectivity index (χ4n) is 2.74. The zero-order chi connectivity index (χ0) is 16.4. The Balaban J connectivity index is 1.60. The van der Waals surface area contributed by atoms with Crippen molar-refractivity contribution < 1.29 is 4.79 Å². The fraction of sp³-hybridized carbons (Fsp3) is 0.0500. The van der Waals surface area contributed by atoms with Crippen molar-refractivity contribution in [2.75, 3.05) is 0 Å². The molecule has 24 heavy (non-hydrogen) atoms. The van der Waals surface area contributed by atoms with E-state index in [-0.39, 0.29) is 5.78 Å². The molecule has 4 aromatic rings. The SMILES string of the molecule is O=C(Cc1ccccc1)c1ccc(-c2cnc3cccnn23)cc1. The molecule has 0 unspecified atom stereocenters. The summed E-state index contributed by atoms with van der Waals surface area (Å²) in [5.74, 6) is 0.115. The van der Waals surface area contributed by atoms with Crippen LogP contribution >= 0.6 is 0 Å². The second-order valence-electron chi connectivity index (χ2n) is 5.60. The maximum atomic E-state index is 12.4. The van der Waals surface area contributed by atoms with E-state index in [0.717, 1.165) is 22.5 Å². The molecular formula is C20H15N3O. The number of Topliss-reactive ketones (excluding diaryl/α,β-unsaturated/α-hetero) is 1. The molecule has 0 aliphatic carbocycles. The molecule has 2 aromatic carbocycles. The highest BCUT2D eigenvalue weighted by Crippen LogP contribution is 2.21. The van der Waals surface area contributed by atoms with Crippen LogP contribution in [0, 0.1) is 0 Å². The number of benzene rings is 2. The first-order valence-electron chi connectivity index (χ1n) is 7.77. The van der Waals surface area contributed by atoms with Gasteiger partial charge in [-0.05, 0) is 17.7 Å². The summed E-state index contributed by atoms with van der Waals surface area (Å²) in [7, 11) is 0. The number of nitrogens with zero attached hydrogens (tertiary/aromatic N) is 3. The number of ketones is 1. The summed E-state index contributed by atoms with van der Waals surface area (Å²) in [6.45, 7) is 0. The molecule has 0 amide bonds. The minimum absolute atomic E-state index is 0.115. The first kappa shape index (κ1) is 14.3. The van der Waals surface area contributed by atoms with E-state index in [1.165, 1.54) is 0 Å². The van der Waals surface area contributed by atoms with E-state index in [2.05, 4.69) is 10.1 Å². The summed E-state index contributed by atoms with van der Waals surface area (Å²) in [5.41, 5.74) is 4.43. The summed E-state index contributed by atoms with van der Waals surface area (Å²) in [6.07, 6.45) is 3.94. The number of carbonyl (C=O) groups is 1. The van der Waals surface area contributed by atoms with Crippen LogP contribution in [0.3, 0.4) is 0 Å². The van der Waals surface area contributed by atoms with Crippen molar-refractivity contribution in [1.29, 1.82) is 0 Å². The summed E-state index contributed by atoms with van der Waals surface area (Å²) >= 11 is 0. The molecule has 0 fully saturated rings. The van der Waals surface area contributed by atoms with Gasteiger partial charge in [0.05, 0.1) is 11.9 Å². The first-order valence-corrected chi connectivity index (χ1v) is 7.77. The summed E-state index contributed by atoms with van der Waals surface area (Å²) in [5, 5.41) is 4.32. The molecule has 0 atom stereocenters. The molecule has 4 nitrogen and oxygen atoms in total. The van der Waals surface area contributed by atoms with Gasteiger partial charge in [-0.25, -0.2) is 9.50 Å². The van der Waals surface area contributed by atoms with Crippen LogP contribution in [-0.2, 0) is 6.42 Å². The van der Waals surface area contributed by atoms with E-state index >= 15 is 0 Å². The Hall–Kier alpha value is -3.27. The highest BCUT2D eigenvalue weighted by molar-refractivity contribution is 5.97. The third-order valence-electron chi connectivity index (χ3n) is 3.99. The van der Waals surface area contributed by atoms with Gasteiger partial charge in [-0.15, -0.1) is 0 Å². The number of rotatable bonds is 4. The van der Waals surface area contributed by atoms with Crippen molar-refractivity contribution in [3.8, 4) is 11.3 Å². The average molecular weight is 313 g/mol. The Labute approximate surface area is 139 Å². The van der Waals surface area contributed by atoms with Crippen molar-refractivity contribution >= 4 is 11.4 Å². The Bertz CT molecular complexity index is 988. The van der Waals surface area contributed by atoms with Gasteiger partial charge in [0.25, 0.3) is 0 Å². The maximum Gasteiger partial charge on any atom is 0.167 e. The fourth-order valence-corrected chi connectivity index (χ4v) is 2.74. The zero-order valence-electron chi connectivity index (χ0n) is 13.0. The van der Waals surface area contributed by atoms with Gasteiger partial charge in [0.15, 0.2) is 11.4 Å². The predicted octanol–water partition coefficient (Wildman–Crippen LogP) is 3.82. The highest BCUT2D eigenvalue weighted by atomic mass is 16.1. The Morgan fingerprint density at radius 2 is 1.71 bits per heavy atom. The van der Waals surface area contributed by atoms with Crippen LogP contribution < -0.4 is 0 Å². The molecule has 2 aromatic heterocycles. The molecule has 0 saturated carbocycles. The van der Waals surface area contributed by atoms with Gasteiger partial charge in [-0.1, -0.05) is 54.6 Å². The van der Waals surface area contributed by atoms with Crippen LogP contribution in [0.2, 0.25) is 0 Å². The van der Waals surface area contributed by atoms with E-state index in [0.29, 0.717) is 12.0 Å². The zero-order valence-corrected chi connectivity index (χ0v) is 13.0. The van der Waals surface area contributed by atoms with E-state index in [4.69, 9.17) is 0 Å². The van der Waals surface area contributed by atoms with Crippen LogP contribution in [0.1, 0.15) is 15.9 Å². The molecule has 0 bridgehead atoms. The molecule has 0 aliphatic heterocycles. The minimum Gasteiger partial charge on any atom is -0.294 e. The van der Waals surface area contributed by atoms with Crippen LogP contribution in [-0.4, -0.2) is 20.4 Å². The van der Waals surface area contributed by atoms with Crippen LogP contribution in [0.15, 0.2) is 79.1 Å². The second-order valence-corrected chi connectivity index (χ2v) is 5.60. The molecule has 0 saturated heterocycles. The number of hydrogen-bond donors (Lipinski definition) is 0. The normalized spacial score (nSPS) is 10.8. The van der Waals surface area contributed by atoms with Crippen molar-refractivity contribution in [3.63, 3.8) is 0 Å². The van der Waals surface area contributed by atoms with Crippen molar-refractivity contribution in [3.05, 3.63) is 90.3 Å². The van der Waals surface area contributed by atoms with E-state index < -0.39 is 0 Å². The predicted molar refractivity (Wildman–Crippen MR) is 92.9 cm³/mol. The molecule has 116 valence electrons. The number of aromatic nitrogens is 3. The van der Waals surface area contributed by atoms with Crippen LogP contribution in [0.5, 0.6) is 0 Å². The smallest absolute Gasteiger partial charge is 0.167 e. The lowest BCUT2D eigenvalue weighted by atomic mass is 10.0. The number of fused-ring (bicyclic) bond motifs is 1. The summed E-state index contributed by atoms with van der Waals surface area (Å²) in [6, 6.07) is 21.2. The lowest BCUT2D eigenvalue weighted by Crippen LogP contribution is -2.03. The largest absolute Gasteiger partial charge is 0.294 e. The number of imidazole rings is 1. The molecule has 0 radical (unpaired) electrons. The van der Waals surface area contributed by atoms with Crippen molar-refractivity contribution in [2.24, 2.45) is 0 Å². The van der Waals surface area contributed by atoms with Gasteiger partial charge in [0.2, 0.25) is 0 Å². The molecule has 0 aliphatic rings. The lowest BCUT2D eigenvalue weighted by Gasteiger charge is -2.04. The quantitative estimate of drug-likeness (QED) is 0.538. The monoisotopic (exact) mass is 313 g/mol. The van der Waals surface area contributed by atoms with Crippen LogP contribution in [0.25, 0.3) is 16.9 Å². The minimum atomic E-state index is 0.115. The molecule has 0 N–H and O–H groups in total. The topological polar surface area (TPSA) is 47.3 Å². The van der Waals surface area contributed by atoms with Gasteiger partial charge >= 0.3 is 0 Å². The Kier molecular flexibility index (Phi) is 3.63. The van der Waals surface area contributed by atoms with Gasteiger partial charge in [0, 0.05) is 23.7 Å². The van der Waals surface area contributed by atoms with Gasteiger partial charge in [-0.3, -0.25) is 4.79 Å². The van der Waals surface area contributed by atoms with Gasteiger partial charge < -0.3 is 0 Å². The molecule has 2 heterocycles. The summed E-state index contributed by atoms with van der Waals surface area (Å²) < 4.78 is 1.79. The number of carbonyl (C=O) groups excluding carboxylic acids is 1. The van der Waals surface area contributed by atoms with Crippen molar-refractivity contribution in [2.45, 2.75) is 6.42 Å². The third kappa shape index (κ3) is 2.70. The standard InChI is InChI=1S/C20H15N3O/c24-19(13-15-5-2-1-3-6-15)17-10-8-16(9-11-17)18-14-21-20-7-4-12-22-23(18)20/h1-12,14H,13H2. The second kappa shape index (κ2) is 6.08.